The van der Waals surface area contributed by atoms with Crippen LogP contribution in [0.4, 0.5) is 0 Å². The predicted octanol–water partition coefficient (Wildman–Crippen LogP) is 4.85. The molecule has 0 fully saturated rings. The molecular formula is C25H22N2O4S. The molecule has 0 amide bonds. The number of ether oxygens (including phenoxy) is 1. The molecule has 0 aliphatic carbocycles. The number of sulfone groups is 1. The summed E-state index contributed by atoms with van der Waals surface area (Å²) in [5, 5.41) is 4.41. The van der Waals surface area contributed by atoms with Crippen LogP contribution < -0.4 is 4.74 Å². The number of hydrogen-bond donors (Lipinski definition) is 0. The van der Waals surface area contributed by atoms with Gasteiger partial charge in [-0.2, -0.15) is 9.78 Å². The van der Waals surface area contributed by atoms with Gasteiger partial charge in [-0.1, -0.05) is 42.5 Å². The van der Waals surface area contributed by atoms with Crippen LogP contribution in [0, 0.1) is 20.8 Å². The van der Waals surface area contributed by atoms with Crippen LogP contribution in [0.5, 0.6) is 5.88 Å². The maximum atomic E-state index is 13.5. The van der Waals surface area contributed by atoms with Gasteiger partial charge in [0.15, 0.2) is 4.90 Å². The molecule has 4 rings (SSSR count). The molecule has 0 saturated carbocycles. The molecular weight excluding hydrogens is 424 g/mol. The highest BCUT2D eigenvalue weighted by atomic mass is 32.2. The van der Waals surface area contributed by atoms with Gasteiger partial charge in [0.1, 0.15) is 0 Å². The highest BCUT2D eigenvalue weighted by molar-refractivity contribution is 7.91. The fraction of sp³-hybridized carbons (Fsp3) is 0.120. The lowest BCUT2D eigenvalue weighted by Crippen LogP contribution is -2.14. The first-order chi connectivity index (χ1) is 15.3. The van der Waals surface area contributed by atoms with Crippen molar-refractivity contribution in [2.24, 2.45) is 0 Å². The van der Waals surface area contributed by atoms with E-state index in [1.165, 1.54) is 16.8 Å². The minimum Gasteiger partial charge on any atom is -0.402 e. The van der Waals surface area contributed by atoms with Crippen LogP contribution >= 0.6 is 0 Å². The molecule has 0 bridgehead atoms. The fourth-order valence-corrected chi connectivity index (χ4v) is 4.91. The van der Waals surface area contributed by atoms with Crippen LogP contribution in [0.1, 0.15) is 27.2 Å². The summed E-state index contributed by atoms with van der Waals surface area (Å²) in [4.78, 5) is 13.0. The summed E-state index contributed by atoms with van der Waals surface area (Å²) in [6.07, 6.45) is 0. The second-order valence-corrected chi connectivity index (χ2v) is 9.36. The molecule has 162 valence electrons. The van der Waals surface area contributed by atoms with Gasteiger partial charge in [-0.3, -0.25) is 0 Å². The molecule has 0 spiro atoms. The molecule has 1 heterocycles. The Kier molecular flexibility index (Phi) is 5.67. The van der Waals surface area contributed by atoms with Crippen LogP contribution in [0.15, 0.2) is 88.7 Å². The summed E-state index contributed by atoms with van der Waals surface area (Å²) in [7, 11) is -3.99. The smallest absolute Gasteiger partial charge is 0.344 e. The SMILES string of the molecule is Cc1ccc(C(=O)Oc2c(S(=O)(=O)c3ccccc3)c(C)nn2-c2ccccc2)cc1C. The van der Waals surface area contributed by atoms with Gasteiger partial charge in [0.25, 0.3) is 0 Å². The Hall–Kier alpha value is -3.71. The minimum atomic E-state index is -3.99. The lowest BCUT2D eigenvalue weighted by molar-refractivity contribution is 0.0718. The summed E-state index contributed by atoms with van der Waals surface area (Å²) in [5.74, 6) is -0.796. The molecule has 32 heavy (non-hydrogen) atoms. The second kappa shape index (κ2) is 8.43. The largest absolute Gasteiger partial charge is 0.402 e. The fourth-order valence-electron chi connectivity index (χ4n) is 3.37. The van der Waals surface area contributed by atoms with Crippen LogP contribution in [0.25, 0.3) is 5.69 Å². The van der Waals surface area contributed by atoms with Crippen molar-refractivity contribution in [1.29, 1.82) is 0 Å². The zero-order chi connectivity index (χ0) is 22.9. The van der Waals surface area contributed by atoms with E-state index in [1.807, 2.05) is 26.0 Å². The van der Waals surface area contributed by atoms with Crippen LogP contribution in [-0.4, -0.2) is 24.2 Å². The first-order valence-corrected chi connectivity index (χ1v) is 11.5. The van der Waals surface area contributed by atoms with Crippen molar-refractivity contribution in [3.8, 4) is 11.6 Å². The molecule has 0 radical (unpaired) electrons. The zero-order valence-corrected chi connectivity index (χ0v) is 18.8. The normalized spacial score (nSPS) is 11.3. The van der Waals surface area contributed by atoms with Crippen LogP contribution in [0.3, 0.4) is 0 Å². The van der Waals surface area contributed by atoms with E-state index in [0.29, 0.717) is 11.3 Å². The Balaban J connectivity index is 1.89. The molecule has 0 aliphatic rings. The summed E-state index contributed by atoms with van der Waals surface area (Å²) in [5.41, 5.74) is 3.12. The van der Waals surface area contributed by atoms with Gasteiger partial charge in [-0.25, -0.2) is 13.2 Å². The molecule has 6 nitrogen and oxygen atoms in total. The third kappa shape index (κ3) is 3.94. The first kappa shape index (κ1) is 21.5. The topological polar surface area (TPSA) is 78.3 Å². The molecule has 0 N–H and O–H groups in total. The third-order valence-corrected chi connectivity index (χ3v) is 7.12. The van der Waals surface area contributed by atoms with E-state index in [9.17, 15) is 13.2 Å². The number of hydrogen-bond acceptors (Lipinski definition) is 5. The van der Waals surface area contributed by atoms with E-state index in [1.54, 1.807) is 61.5 Å². The van der Waals surface area contributed by atoms with Crippen molar-refractivity contribution < 1.29 is 17.9 Å². The van der Waals surface area contributed by atoms with Crippen molar-refractivity contribution >= 4 is 15.8 Å². The number of aryl methyl sites for hydroxylation is 3. The van der Waals surface area contributed by atoms with Crippen molar-refractivity contribution in [2.45, 2.75) is 30.6 Å². The van der Waals surface area contributed by atoms with E-state index in [-0.39, 0.29) is 21.4 Å². The molecule has 3 aromatic carbocycles. The monoisotopic (exact) mass is 446 g/mol. The Bertz CT molecular complexity index is 1390. The molecule has 0 atom stereocenters. The number of esters is 1. The van der Waals surface area contributed by atoms with Crippen molar-refractivity contribution in [2.75, 3.05) is 0 Å². The average molecular weight is 447 g/mol. The zero-order valence-electron chi connectivity index (χ0n) is 17.9. The van der Waals surface area contributed by atoms with E-state index in [2.05, 4.69) is 5.10 Å². The highest BCUT2D eigenvalue weighted by Gasteiger charge is 2.32. The summed E-state index contributed by atoms with van der Waals surface area (Å²) < 4.78 is 34.1. The van der Waals surface area contributed by atoms with Gasteiger partial charge >= 0.3 is 5.97 Å². The number of carbonyl (C=O) groups excluding carboxylic acids is 1. The average Bonchev–Trinajstić information content (AvgIpc) is 3.13. The lowest BCUT2D eigenvalue weighted by Gasteiger charge is -2.11. The Morgan fingerprint density at radius 1 is 0.844 bits per heavy atom. The van der Waals surface area contributed by atoms with Crippen molar-refractivity contribution in [3.63, 3.8) is 0 Å². The van der Waals surface area contributed by atoms with Gasteiger partial charge in [-0.15, -0.1) is 0 Å². The van der Waals surface area contributed by atoms with Gasteiger partial charge in [0.2, 0.25) is 15.7 Å². The highest BCUT2D eigenvalue weighted by Crippen LogP contribution is 2.35. The van der Waals surface area contributed by atoms with Gasteiger partial charge in [-0.05, 0) is 68.3 Å². The summed E-state index contributed by atoms with van der Waals surface area (Å²) in [6.45, 7) is 5.43. The Labute approximate surface area is 187 Å². The quantitative estimate of drug-likeness (QED) is 0.410. The van der Waals surface area contributed by atoms with Gasteiger partial charge in [0.05, 0.1) is 21.8 Å². The number of nitrogens with zero attached hydrogens (tertiary/aromatic N) is 2. The Morgan fingerprint density at radius 2 is 1.47 bits per heavy atom. The lowest BCUT2D eigenvalue weighted by atomic mass is 10.1. The molecule has 4 aromatic rings. The van der Waals surface area contributed by atoms with Crippen LogP contribution in [0.2, 0.25) is 0 Å². The van der Waals surface area contributed by atoms with Gasteiger partial charge in [0, 0.05) is 0 Å². The summed E-state index contributed by atoms with van der Waals surface area (Å²) >= 11 is 0. The predicted molar refractivity (Wildman–Crippen MR) is 121 cm³/mol. The van der Waals surface area contributed by atoms with Crippen molar-refractivity contribution in [3.05, 3.63) is 101 Å². The third-order valence-electron chi connectivity index (χ3n) is 5.22. The minimum absolute atomic E-state index is 0.0965. The maximum absolute atomic E-state index is 13.5. The van der Waals surface area contributed by atoms with E-state index in [4.69, 9.17) is 4.74 Å². The number of benzene rings is 3. The summed E-state index contributed by atoms with van der Waals surface area (Å²) in [6, 6.07) is 22.2. The molecule has 1 aromatic heterocycles. The van der Waals surface area contributed by atoms with E-state index < -0.39 is 15.8 Å². The standard InChI is InChI=1S/C25H22N2O4S/c1-17-14-15-20(16-18(17)2)25(28)31-24-23(32(29,30)22-12-8-5-9-13-22)19(3)26-27(24)21-10-6-4-7-11-21/h4-16H,1-3H3. The van der Waals surface area contributed by atoms with Crippen molar-refractivity contribution in [1.82, 2.24) is 9.78 Å². The van der Waals surface area contributed by atoms with Crippen LogP contribution in [-0.2, 0) is 9.84 Å². The van der Waals surface area contributed by atoms with E-state index in [0.717, 1.165) is 11.1 Å². The number of rotatable bonds is 5. The molecule has 0 aliphatic heterocycles. The van der Waals surface area contributed by atoms with E-state index >= 15 is 0 Å². The molecule has 0 unspecified atom stereocenters. The number of aromatic nitrogens is 2. The Morgan fingerprint density at radius 3 is 2.09 bits per heavy atom. The number of carbonyl (C=O) groups is 1. The maximum Gasteiger partial charge on any atom is 0.344 e. The second-order valence-electron chi connectivity index (χ2n) is 7.47. The molecule has 0 saturated heterocycles. The van der Waals surface area contributed by atoms with Gasteiger partial charge < -0.3 is 4.74 Å². The molecule has 7 heteroatoms. The number of para-hydroxylation sites is 1. The first-order valence-electron chi connectivity index (χ1n) is 10.0.